The minimum atomic E-state index is 0.0813. The molecule has 88 valence electrons. The summed E-state index contributed by atoms with van der Waals surface area (Å²) >= 11 is 7.41. The maximum Gasteiger partial charge on any atom is 0.265 e. The van der Waals surface area contributed by atoms with Gasteiger partial charge in [-0.15, -0.1) is 11.3 Å². The molecule has 1 aromatic heterocycles. The number of rotatable bonds is 3. The zero-order valence-corrected chi connectivity index (χ0v) is 10.8. The molecule has 2 rings (SSSR count). The van der Waals surface area contributed by atoms with E-state index in [1.807, 2.05) is 17.3 Å². The van der Waals surface area contributed by atoms with Crippen LogP contribution in [-0.4, -0.2) is 37.0 Å². The van der Waals surface area contributed by atoms with Crippen molar-refractivity contribution in [2.24, 2.45) is 0 Å². The summed E-state index contributed by atoms with van der Waals surface area (Å²) in [6.45, 7) is 1.70. The molecule has 3 nitrogen and oxygen atoms in total. The maximum atomic E-state index is 12.2. The van der Waals surface area contributed by atoms with Gasteiger partial charge >= 0.3 is 0 Å². The first-order valence-corrected chi connectivity index (χ1v) is 6.68. The standard InChI is InChI=1S/C11H15ClN2OS/c1-13-7-8-3-2-5-14(8)11(15)10-9(12)4-6-16-10/h4,6,8,13H,2-3,5,7H2,1H3. The van der Waals surface area contributed by atoms with Crippen LogP contribution in [0.15, 0.2) is 11.4 Å². The molecule has 0 radical (unpaired) electrons. The molecule has 0 saturated carbocycles. The first-order chi connectivity index (χ1) is 7.74. The van der Waals surface area contributed by atoms with Gasteiger partial charge in [-0.25, -0.2) is 0 Å². The topological polar surface area (TPSA) is 32.3 Å². The highest BCUT2D eigenvalue weighted by Crippen LogP contribution is 2.27. The fourth-order valence-corrected chi connectivity index (χ4v) is 3.22. The van der Waals surface area contributed by atoms with Gasteiger partial charge < -0.3 is 10.2 Å². The van der Waals surface area contributed by atoms with E-state index in [2.05, 4.69) is 5.32 Å². The predicted molar refractivity (Wildman–Crippen MR) is 67.3 cm³/mol. The maximum absolute atomic E-state index is 12.2. The Kier molecular flexibility index (Phi) is 3.84. The van der Waals surface area contributed by atoms with Crippen LogP contribution in [-0.2, 0) is 0 Å². The number of hydrogen-bond donors (Lipinski definition) is 1. The Labute approximate surface area is 104 Å². The van der Waals surface area contributed by atoms with Crippen molar-refractivity contribution >= 4 is 28.8 Å². The van der Waals surface area contributed by atoms with Crippen LogP contribution in [0.3, 0.4) is 0 Å². The van der Waals surface area contributed by atoms with E-state index in [1.54, 1.807) is 6.07 Å². The van der Waals surface area contributed by atoms with Crippen molar-refractivity contribution in [2.45, 2.75) is 18.9 Å². The van der Waals surface area contributed by atoms with Crippen molar-refractivity contribution in [3.05, 3.63) is 21.3 Å². The molecule has 1 saturated heterocycles. The lowest BCUT2D eigenvalue weighted by Crippen LogP contribution is -2.40. The van der Waals surface area contributed by atoms with Crippen molar-refractivity contribution in [3.63, 3.8) is 0 Å². The molecule has 1 fully saturated rings. The van der Waals surface area contributed by atoms with Crippen LogP contribution in [0.25, 0.3) is 0 Å². The Morgan fingerprint density at radius 2 is 2.56 bits per heavy atom. The van der Waals surface area contributed by atoms with E-state index < -0.39 is 0 Å². The summed E-state index contributed by atoms with van der Waals surface area (Å²) in [5.41, 5.74) is 0. The highest BCUT2D eigenvalue weighted by molar-refractivity contribution is 7.12. The highest BCUT2D eigenvalue weighted by atomic mass is 35.5. The van der Waals surface area contributed by atoms with Crippen LogP contribution in [0.2, 0.25) is 5.02 Å². The normalized spacial score (nSPS) is 20.4. The molecule has 1 amide bonds. The Hall–Kier alpha value is -0.580. The van der Waals surface area contributed by atoms with E-state index in [9.17, 15) is 4.79 Å². The smallest absolute Gasteiger partial charge is 0.265 e. The third-order valence-corrected chi connectivity index (χ3v) is 4.22. The first-order valence-electron chi connectivity index (χ1n) is 5.42. The second kappa shape index (κ2) is 5.17. The monoisotopic (exact) mass is 258 g/mol. The van der Waals surface area contributed by atoms with Gasteiger partial charge in [-0.1, -0.05) is 11.6 Å². The van der Waals surface area contributed by atoms with Gasteiger partial charge in [0.2, 0.25) is 0 Å². The van der Waals surface area contributed by atoms with Gasteiger partial charge in [0, 0.05) is 19.1 Å². The summed E-state index contributed by atoms with van der Waals surface area (Å²) < 4.78 is 0. The van der Waals surface area contributed by atoms with Gasteiger partial charge in [0.15, 0.2) is 0 Å². The van der Waals surface area contributed by atoms with Crippen molar-refractivity contribution in [3.8, 4) is 0 Å². The molecule has 1 aromatic rings. The number of hydrogen-bond acceptors (Lipinski definition) is 3. The Bertz CT molecular complexity index is 380. The highest BCUT2D eigenvalue weighted by Gasteiger charge is 2.30. The molecule has 0 spiro atoms. The number of likely N-dealkylation sites (N-methyl/N-ethyl adjacent to an activating group) is 1. The van der Waals surface area contributed by atoms with E-state index in [1.165, 1.54) is 11.3 Å². The molecular weight excluding hydrogens is 244 g/mol. The van der Waals surface area contributed by atoms with Crippen molar-refractivity contribution in [1.29, 1.82) is 0 Å². The number of nitrogens with one attached hydrogen (secondary N) is 1. The number of carbonyl (C=O) groups is 1. The summed E-state index contributed by atoms with van der Waals surface area (Å²) in [4.78, 5) is 14.8. The van der Waals surface area contributed by atoms with E-state index in [0.717, 1.165) is 25.9 Å². The van der Waals surface area contributed by atoms with E-state index in [4.69, 9.17) is 11.6 Å². The molecule has 1 aliphatic rings. The van der Waals surface area contributed by atoms with Gasteiger partial charge in [0.1, 0.15) is 4.88 Å². The average molecular weight is 259 g/mol. The van der Waals surface area contributed by atoms with Crippen LogP contribution < -0.4 is 5.32 Å². The minimum Gasteiger partial charge on any atom is -0.334 e. The quantitative estimate of drug-likeness (QED) is 0.902. The Balaban J connectivity index is 2.12. The average Bonchev–Trinajstić information content (AvgIpc) is 2.87. The van der Waals surface area contributed by atoms with Gasteiger partial charge in [0.05, 0.1) is 5.02 Å². The van der Waals surface area contributed by atoms with E-state index in [-0.39, 0.29) is 5.91 Å². The lowest BCUT2D eigenvalue weighted by Gasteiger charge is -2.24. The molecule has 1 unspecified atom stereocenters. The summed E-state index contributed by atoms with van der Waals surface area (Å²) in [6.07, 6.45) is 2.16. The molecule has 1 atom stereocenters. The van der Waals surface area contributed by atoms with Crippen LogP contribution in [0.5, 0.6) is 0 Å². The number of thiophene rings is 1. The first kappa shape index (κ1) is 11.9. The zero-order valence-electron chi connectivity index (χ0n) is 9.20. The Morgan fingerprint density at radius 3 is 3.19 bits per heavy atom. The third-order valence-electron chi connectivity index (χ3n) is 2.89. The fourth-order valence-electron chi connectivity index (χ4n) is 2.13. The molecule has 0 bridgehead atoms. The molecular formula is C11H15ClN2OS. The third kappa shape index (κ3) is 2.24. The summed E-state index contributed by atoms with van der Waals surface area (Å²) in [6, 6.07) is 2.10. The van der Waals surface area contributed by atoms with Crippen LogP contribution in [0, 0.1) is 0 Å². The van der Waals surface area contributed by atoms with Crippen LogP contribution in [0.4, 0.5) is 0 Å². The van der Waals surface area contributed by atoms with Crippen molar-refractivity contribution in [2.75, 3.05) is 20.1 Å². The van der Waals surface area contributed by atoms with E-state index in [0.29, 0.717) is 15.9 Å². The molecule has 16 heavy (non-hydrogen) atoms. The predicted octanol–water partition coefficient (Wildman–Crippen LogP) is 2.23. The van der Waals surface area contributed by atoms with E-state index >= 15 is 0 Å². The van der Waals surface area contributed by atoms with Gasteiger partial charge in [-0.2, -0.15) is 0 Å². The largest absolute Gasteiger partial charge is 0.334 e. The van der Waals surface area contributed by atoms with Crippen LogP contribution in [0.1, 0.15) is 22.5 Å². The fraction of sp³-hybridized carbons (Fsp3) is 0.545. The SMILES string of the molecule is CNCC1CCCN1C(=O)c1sccc1Cl. The Morgan fingerprint density at radius 1 is 1.75 bits per heavy atom. The minimum absolute atomic E-state index is 0.0813. The number of likely N-dealkylation sites (tertiary alicyclic amines) is 1. The molecule has 2 heterocycles. The van der Waals surface area contributed by atoms with Crippen LogP contribution >= 0.6 is 22.9 Å². The van der Waals surface area contributed by atoms with Gasteiger partial charge in [-0.05, 0) is 31.3 Å². The number of carbonyl (C=O) groups excluding carboxylic acids is 1. The number of nitrogens with zero attached hydrogens (tertiary/aromatic N) is 1. The summed E-state index contributed by atoms with van der Waals surface area (Å²) in [5, 5.41) is 5.56. The number of halogens is 1. The molecule has 0 aliphatic carbocycles. The van der Waals surface area contributed by atoms with Gasteiger partial charge in [-0.3, -0.25) is 4.79 Å². The molecule has 5 heteroatoms. The molecule has 1 aliphatic heterocycles. The second-order valence-electron chi connectivity index (χ2n) is 3.95. The second-order valence-corrected chi connectivity index (χ2v) is 5.27. The number of amides is 1. The van der Waals surface area contributed by atoms with Crippen molar-refractivity contribution < 1.29 is 4.79 Å². The lowest BCUT2D eigenvalue weighted by atomic mass is 10.2. The van der Waals surface area contributed by atoms with Crippen molar-refractivity contribution in [1.82, 2.24) is 10.2 Å². The lowest BCUT2D eigenvalue weighted by molar-refractivity contribution is 0.0742. The molecule has 0 aromatic carbocycles. The summed E-state index contributed by atoms with van der Waals surface area (Å²) in [5.74, 6) is 0.0813. The molecule has 1 N–H and O–H groups in total. The van der Waals surface area contributed by atoms with Gasteiger partial charge in [0.25, 0.3) is 5.91 Å². The summed E-state index contributed by atoms with van der Waals surface area (Å²) in [7, 11) is 1.92. The zero-order chi connectivity index (χ0) is 11.5.